The van der Waals surface area contributed by atoms with Gasteiger partial charge in [0, 0.05) is 5.56 Å². The van der Waals surface area contributed by atoms with Gasteiger partial charge in [0.25, 0.3) is 0 Å². The average molecular weight is 311 g/mol. The smallest absolute Gasteiger partial charge is 0.348 e. The summed E-state index contributed by atoms with van der Waals surface area (Å²) in [6, 6.07) is 14.8. The molecule has 0 spiro atoms. The van der Waals surface area contributed by atoms with E-state index in [0.717, 1.165) is 5.56 Å². The molecule has 0 aliphatic rings. The Hall–Kier alpha value is -3.13. The first-order valence-corrected chi connectivity index (χ1v) is 6.80. The van der Waals surface area contributed by atoms with Gasteiger partial charge in [-0.05, 0) is 29.8 Å². The zero-order chi connectivity index (χ0) is 16.7. The number of rotatable bonds is 5. The van der Waals surface area contributed by atoms with Crippen LogP contribution in [0.1, 0.15) is 11.1 Å². The van der Waals surface area contributed by atoms with Gasteiger partial charge in [-0.3, -0.25) is 0 Å². The molecule has 0 N–H and O–H groups in total. The summed E-state index contributed by atoms with van der Waals surface area (Å²) in [7, 11) is 1.21. The van der Waals surface area contributed by atoms with Gasteiger partial charge in [0.1, 0.15) is 29.8 Å². The maximum absolute atomic E-state index is 12.9. The summed E-state index contributed by atoms with van der Waals surface area (Å²) < 4.78 is 23.1. The molecule has 23 heavy (non-hydrogen) atoms. The van der Waals surface area contributed by atoms with Gasteiger partial charge in [0.15, 0.2) is 0 Å². The predicted molar refractivity (Wildman–Crippen MR) is 82.8 cm³/mol. The quantitative estimate of drug-likeness (QED) is 0.482. The van der Waals surface area contributed by atoms with Crippen molar-refractivity contribution in [2.75, 3.05) is 7.11 Å². The molecule has 2 rings (SSSR count). The topological polar surface area (TPSA) is 59.3 Å². The number of methoxy groups -OCH3 is 1. The molecule has 0 radical (unpaired) electrons. The lowest BCUT2D eigenvalue weighted by Crippen LogP contribution is -2.03. The van der Waals surface area contributed by atoms with Gasteiger partial charge in [-0.15, -0.1) is 0 Å². The van der Waals surface area contributed by atoms with Crippen molar-refractivity contribution < 1.29 is 18.7 Å². The van der Waals surface area contributed by atoms with Gasteiger partial charge < -0.3 is 9.47 Å². The first kappa shape index (κ1) is 16.2. The van der Waals surface area contributed by atoms with E-state index in [0.29, 0.717) is 11.3 Å². The predicted octanol–water partition coefficient (Wildman–Crippen LogP) is 3.48. The standard InChI is InChI=1S/C18H14FNO3/c1-22-18(21)15(11-20)10-14-4-2-3-5-17(14)23-12-13-6-8-16(19)9-7-13/h2-10H,12H2,1H3/b15-10+. The van der Waals surface area contributed by atoms with Gasteiger partial charge in [0.2, 0.25) is 0 Å². The Morgan fingerprint density at radius 1 is 1.22 bits per heavy atom. The molecule has 0 unspecified atom stereocenters. The second-order valence-corrected chi connectivity index (χ2v) is 4.61. The third-order valence-electron chi connectivity index (χ3n) is 3.05. The van der Waals surface area contributed by atoms with Gasteiger partial charge in [-0.1, -0.05) is 30.3 Å². The maximum Gasteiger partial charge on any atom is 0.348 e. The van der Waals surface area contributed by atoms with Crippen molar-refractivity contribution >= 4 is 12.0 Å². The molecule has 0 bridgehead atoms. The lowest BCUT2D eigenvalue weighted by Gasteiger charge is -2.09. The molecular weight excluding hydrogens is 297 g/mol. The minimum Gasteiger partial charge on any atom is -0.488 e. The Morgan fingerprint density at radius 2 is 1.91 bits per heavy atom. The van der Waals surface area contributed by atoms with Gasteiger partial charge in [-0.25, -0.2) is 9.18 Å². The highest BCUT2D eigenvalue weighted by Crippen LogP contribution is 2.22. The van der Waals surface area contributed by atoms with Crippen LogP contribution in [0.4, 0.5) is 4.39 Å². The fourth-order valence-corrected chi connectivity index (χ4v) is 1.88. The summed E-state index contributed by atoms with van der Waals surface area (Å²) in [5.74, 6) is -0.511. The van der Waals surface area contributed by atoms with E-state index in [-0.39, 0.29) is 18.0 Å². The number of carbonyl (C=O) groups excluding carboxylic acids is 1. The number of halogens is 1. The maximum atomic E-state index is 12.9. The summed E-state index contributed by atoms with van der Waals surface area (Å²) in [5.41, 5.74) is 1.26. The Bertz CT molecular complexity index is 761. The van der Waals surface area contributed by atoms with E-state index >= 15 is 0 Å². The highest BCUT2D eigenvalue weighted by Gasteiger charge is 2.10. The SMILES string of the molecule is COC(=O)/C(C#N)=C/c1ccccc1OCc1ccc(F)cc1. The van der Waals surface area contributed by atoms with Crippen LogP contribution in [-0.2, 0) is 16.1 Å². The molecule has 0 saturated heterocycles. The van der Waals surface area contributed by atoms with Crippen molar-refractivity contribution in [1.29, 1.82) is 5.26 Å². The van der Waals surface area contributed by atoms with E-state index in [1.807, 2.05) is 0 Å². The molecule has 116 valence electrons. The normalized spacial score (nSPS) is 10.7. The number of nitriles is 1. The summed E-state index contributed by atoms with van der Waals surface area (Å²) in [4.78, 5) is 11.5. The van der Waals surface area contributed by atoms with Crippen LogP contribution in [0.3, 0.4) is 0 Å². The number of nitrogens with zero attached hydrogens (tertiary/aromatic N) is 1. The van der Waals surface area contributed by atoms with E-state index in [4.69, 9.17) is 10.00 Å². The summed E-state index contributed by atoms with van der Waals surface area (Å²) in [6.07, 6.45) is 1.41. The van der Waals surface area contributed by atoms with Gasteiger partial charge >= 0.3 is 5.97 Å². The van der Waals surface area contributed by atoms with Gasteiger partial charge in [0.05, 0.1) is 7.11 Å². The Kier molecular flexibility index (Phi) is 5.48. The zero-order valence-corrected chi connectivity index (χ0v) is 12.5. The molecule has 5 heteroatoms. The molecule has 0 fully saturated rings. The lowest BCUT2D eigenvalue weighted by atomic mass is 10.1. The second kappa shape index (κ2) is 7.76. The minimum absolute atomic E-state index is 0.120. The fraction of sp³-hybridized carbons (Fsp3) is 0.111. The minimum atomic E-state index is -0.708. The average Bonchev–Trinajstić information content (AvgIpc) is 2.59. The monoisotopic (exact) mass is 311 g/mol. The second-order valence-electron chi connectivity index (χ2n) is 4.61. The van der Waals surface area contributed by atoms with Crippen molar-refractivity contribution in [2.45, 2.75) is 6.61 Å². The molecule has 2 aromatic carbocycles. The van der Waals surface area contributed by atoms with E-state index in [1.165, 1.54) is 25.3 Å². The summed E-state index contributed by atoms with van der Waals surface area (Å²) in [5, 5.41) is 9.02. The third kappa shape index (κ3) is 4.42. The number of hydrogen-bond donors (Lipinski definition) is 0. The van der Waals surface area contributed by atoms with E-state index in [1.54, 1.807) is 42.5 Å². The number of ether oxygens (including phenoxy) is 2. The molecular formula is C18H14FNO3. The molecule has 0 amide bonds. The van der Waals surface area contributed by atoms with Crippen LogP contribution in [0.15, 0.2) is 54.1 Å². The third-order valence-corrected chi connectivity index (χ3v) is 3.05. The molecule has 0 aromatic heterocycles. The van der Waals surface area contributed by atoms with Crippen molar-refractivity contribution in [1.82, 2.24) is 0 Å². The molecule has 0 aliphatic heterocycles. The highest BCUT2D eigenvalue weighted by atomic mass is 19.1. The van der Waals surface area contributed by atoms with Crippen LogP contribution in [0.25, 0.3) is 6.08 Å². The largest absolute Gasteiger partial charge is 0.488 e. The van der Waals surface area contributed by atoms with Crippen LogP contribution < -0.4 is 4.74 Å². The van der Waals surface area contributed by atoms with Crippen molar-refractivity contribution in [3.8, 4) is 11.8 Å². The van der Waals surface area contributed by atoms with Crippen LogP contribution >= 0.6 is 0 Å². The molecule has 0 heterocycles. The van der Waals surface area contributed by atoms with Crippen LogP contribution in [0.5, 0.6) is 5.75 Å². The molecule has 4 nitrogen and oxygen atoms in total. The Balaban J connectivity index is 2.20. The molecule has 0 atom stereocenters. The van der Waals surface area contributed by atoms with Crippen molar-refractivity contribution in [3.05, 3.63) is 71.0 Å². The first-order valence-electron chi connectivity index (χ1n) is 6.80. The number of carbonyl (C=O) groups is 1. The highest BCUT2D eigenvalue weighted by molar-refractivity contribution is 5.98. The molecule has 0 saturated carbocycles. The number of benzene rings is 2. The summed E-state index contributed by atoms with van der Waals surface area (Å²) in [6.45, 7) is 0.241. The van der Waals surface area contributed by atoms with E-state index in [9.17, 15) is 9.18 Å². The number of esters is 1. The van der Waals surface area contributed by atoms with E-state index in [2.05, 4.69) is 4.74 Å². The van der Waals surface area contributed by atoms with Crippen molar-refractivity contribution in [2.24, 2.45) is 0 Å². The Labute approximate surface area is 133 Å². The van der Waals surface area contributed by atoms with Crippen LogP contribution in [-0.4, -0.2) is 13.1 Å². The molecule has 2 aromatic rings. The fourth-order valence-electron chi connectivity index (χ4n) is 1.88. The van der Waals surface area contributed by atoms with Crippen molar-refractivity contribution in [3.63, 3.8) is 0 Å². The summed E-state index contributed by atoms with van der Waals surface area (Å²) >= 11 is 0. The van der Waals surface area contributed by atoms with E-state index < -0.39 is 5.97 Å². The van der Waals surface area contributed by atoms with Crippen LogP contribution in [0.2, 0.25) is 0 Å². The Morgan fingerprint density at radius 3 is 2.57 bits per heavy atom. The van der Waals surface area contributed by atoms with Gasteiger partial charge in [-0.2, -0.15) is 5.26 Å². The number of para-hydroxylation sites is 1. The first-order chi connectivity index (χ1) is 11.1. The number of hydrogen-bond acceptors (Lipinski definition) is 4. The lowest BCUT2D eigenvalue weighted by molar-refractivity contribution is -0.135. The zero-order valence-electron chi connectivity index (χ0n) is 12.5. The van der Waals surface area contributed by atoms with Crippen LogP contribution in [0, 0.1) is 17.1 Å². The molecule has 0 aliphatic carbocycles.